The molecule has 0 aliphatic heterocycles. The zero-order chi connectivity index (χ0) is 18.4. The third-order valence-corrected chi connectivity index (χ3v) is 5.88. The van der Waals surface area contributed by atoms with Crippen LogP contribution in [-0.4, -0.2) is 33.8 Å². The van der Waals surface area contributed by atoms with Gasteiger partial charge in [-0.05, 0) is 24.3 Å². The van der Waals surface area contributed by atoms with Gasteiger partial charge in [0.2, 0.25) is 5.13 Å². The number of nitrogens with zero attached hydrogens (tertiary/aromatic N) is 2. The summed E-state index contributed by atoms with van der Waals surface area (Å²) >= 11 is 14.9. The van der Waals surface area contributed by atoms with Gasteiger partial charge in [0.1, 0.15) is 6.61 Å². The van der Waals surface area contributed by atoms with Crippen LogP contribution in [0.3, 0.4) is 0 Å². The van der Waals surface area contributed by atoms with Crippen LogP contribution in [0, 0.1) is 0 Å². The number of aromatic nitrogens is 2. The molecule has 0 amide bonds. The highest BCUT2D eigenvalue weighted by atomic mass is 35.5. The molecule has 1 atom stereocenters. The van der Waals surface area contributed by atoms with Gasteiger partial charge in [-0.25, -0.2) is 0 Å². The van der Waals surface area contributed by atoms with E-state index in [0.29, 0.717) is 26.7 Å². The zero-order valence-corrected chi connectivity index (χ0v) is 16.6. The van der Waals surface area contributed by atoms with Crippen LogP contribution in [0.15, 0.2) is 52.9 Å². The van der Waals surface area contributed by atoms with E-state index < -0.39 is 6.10 Å². The lowest BCUT2D eigenvalue weighted by Crippen LogP contribution is -2.20. The second-order valence-corrected chi connectivity index (χ2v) is 8.25. The van der Waals surface area contributed by atoms with E-state index in [-0.39, 0.29) is 6.61 Å². The van der Waals surface area contributed by atoms with Gasteiger partial charge in [0.25, 0.3) is 0 Å². The predicted molar refractivity (Wildman–Crippen MR) is 108 cm³/mol. The van der Waals surface area contributed by atoms with Gasteiger partial charge in [-0.15, -0.1) is 10.2 Å². The van der Waals surface area contributed by atoms with E-state index in [1.54, 1.807) is 18.2 Å². The number of ether oxygens (including phenoxy) is 1. The molecular weight excluding hydrogens is 413 g/mol. The average molecular weight is 428 g/mol. The number of rotatable bonds is 8. The number of para-hydroxylation sites is 2. The van der Waals surface area contributed by atoms with Crippen molar-refractivity contribution >= 4 is 57.1 Å². The molecule has 2 N–H and O–H groups in total. The second kappa shape index (κ2) is 9.43. The average Bonchev–Trinajstić information content (AvgIpc) is 3.08. The predicted octanol–water partition coefficient (Wildman–Crippen LogP) is 5.12. The summed E-state index contributed by atoms with van der Waals surface area (Å²) in [7, 11) is 0. The molecule has 1 unspecified atom stereocenters. The van der Waals surface area contributed by atoms with Crippen molar-refractivity contribution in [2.45, 2.75) is 10.4 Å². The van der Waals surface area contributed by atoms with Gasteiger partial charge in [0, 0.05) is 11.4 Å². The number of benzene rings is 2. The van der Waals surface area contributed by atoms with Crippen LogP contribution in [-0.2, 0) is 0 Å². The first-order valence-corrected chi connectivity index (χ1v) is 10.2. The van der Waals surface area contributed by atoms with Crippen molar-refractivity contribution < 1.29 is 9.84 Å². The fourth-order valence-corrected chi connectivity index (χ4v) is 4.19. The molecule has 0 spiro atoms. The largest absolute Gasteiger partial charge is 0.488 e. The summed E-state index contributed by atoms with van der Waals surface area (Å²) < 4.78 is 6.29. The number of halogens is 2. The van der Waals surface area contributed by atoms with Crippen LogP contribution in [0.4, 0.5) is 10.8 Å². The number of aliphatic hydroxyl groups excluding tert-OH is 1. The summed E-state index contributed by atoms with van der Waals surface area (Å²) in [4.78, 5) is 0. The first kappa shape index (κ1) is 19.3. The van der Waals surface area contributed by atoms with Gasteiger partial charge < -0.3 is 15.2 Å². The molecule has 0 saturated carbocycles. The maximum absolute atomic E-state index is 10.1. The second-order valence-electron chi connectivity index (χ2n) is 5.19. The third kappa shape index (κ3) is 5.49. The molecule has 26 heavy (non-hydrogen) atoms. The topological polar surface area (TPSA) is 67.3 Å². The van der Waals surface area contributed by atoms with E-state index in [2.05, 4.69) is 15.5 Å². The van der Waals surface area contributed by atoms with Crippen molar-refractivity contribution in [1.82, 2.24) is 10.2 Å². The van der Waals surface area contributed by atoms with Gasteiger partial charge in [0.05, 0.1) is 16.1 Å². The van der Waals surface area contributed by atoms with Gasteiger partial charge in [0.15, 0.2) is 10.1 Å². The first-order valence-electron chi connectivity index (χ1n) is 7.65. The van der Waals surface area contributed by atoms with E-state index in [9.17, 15) is 5.11 Å². The minimum atomic E-state index is -0.693. The summed E-state index contributed by atoms with van der Waals surface area (Å²) in [5, 5.41) is 23.0. The number of thioether (sulfide) groups is 1. The Hall–Kier alpha value is -1.51. The Bertz CT molecular complexity index is 829. The summed E-state index contributed by atoms with van der Waals surface area (Å²) in [6, 6.07) is 14.9. The molecule has 3 rings (SSSR count). The SMILES string of the molecule is OC(COc1c(Cl)cccc1Cl)CSc1nnc(Nc2ccccc2)s1. The van der Waals surface area contributed by atoms with E-state index >= 15 is 0 Å². The van der Waals surface area contributed by atoms with Crippen LogP contribution >= 0.6 is 46.3 Å². The van der Waals surface area contributed by atoms with Crippen LogP contribution in [0.2, 0.25) is 10.0 Å². The van der Waals surface area contributed by atoms with Crippen LogP contribution in [0.1, 0.15) is 0 Å². The van der Waals surface area contributed by atoms with Crippen molar-refractivity contribution in [1.29, 1.82) is 0 Å². The molecule has 0 radical (unpaired) electrons. The fraction of sp³-hybridized carbons (Fsp3) is 0.176. The summed E-state index contributed by atoms with van der Waals surface area (Å²) in [5.74, 6) is 0.798. The van der Waals surface area contributed by atoms with E-state index in [1.165, 1.54) is 23.1 Å². The fourth-order valence-electron chi connectivity index (χ4n) is 1.98. The third-order valence-electron chi connectivity index (χ3n) is 3.17. The Morgan fingerprint density at radius 3 is 2.54 bits per heavy atom. The molecule has 0 aliphatic carbocycles. The molecule has 9 heteroatoms. The Kier molecular flexibility index (Phi) is 6.99. The monoisotopic (exact) mass is 427 g/mol. The molecule has 0 saturated heterocycles. The summed E-state index contributed by atoms with van der Waals surface area (Å²) in [6.07, 6.45) is -0.693. The number of hydrogen-bond acceptors (Lipinski definition) is 7. The zero-order valence-electron chi connectivity index (χ0n) is 13.4. The number of aliphatic hydroxyl groups is 1. The normalized spacial score (nSPS) is 12.0. The quantitative estimate of drug-likeness (QED) is 0.486. The lowest BCUT2D eigenvalue weighted by atomic mass is 10.3. The lowest BCUT2D eigenvalue weighted by Gasteiger charge is -2.13. The van der Waals surface area contributed by atoms with Crippen LogP contribution in [0.5, 0.6) is 5.75 Å². The van der Waals surface area contributed by atoms with Crippen molar-refractivity contribution in [2.24, 2.45) is 0 Å². The molecule has 1 aromatic heterocycles. The van der Waals surface area contributed by atoms with Crippen molar-refractivity contribution in [3.8, 4) is 5.75 Å². The maximum atomic E-state index is 10.1. The lowest BCUT2D eigenvalue weighted by molar-refractivity contribution is 0.126. The highest BCUT2D eigenvalue weighted by Crippen LogP contribution is 2.33. The van der Waals surface area contributed by atoms with E-state index in [4.69, 9.17) is 27.9 Å². The molecular formula is C17H15Cl2N3O2S2. The Labute approximate surface area is 169 Å². The van der Waals surface area contributed by atoms with Gasteiger partial charge >= 0.3 is 0 Å². The number of anilines is 2. The molecule has 1 heterocycles. The maximum Gasteiger partial charge on any atom is 0.210 e. The summed E-state index contributed by atoms with van der Waals surface area (Å²) in [5.41, 5.74) is 0.949. The van der Waals surface area contributed by atoms with Crippen LogP contribution < -0.4 is 10.1 Å². The summed E-state index contributed by atoms with van der Waals surface area (Å²) in [6.45, 7) is 0.0877. The van der Waals surface area contributed by atoms with Crippen LogP contribution in [0.25, 0.3) is 0 Å². The van der Waals surface area contributed by atoms with Gasteiger partial charge in [-0.1, -0.05) is 70.6 Å². The van der Waals surface area contributed by atoms with E-state index in [1.807, 2.05) is 30.3 Å². The van der Waals surface area contributed by atoms with Crippen molar-refractivity contribution in [3.05, 3.63) is 58.6 Å². The smallest absolute Gasteiger partial charge is 0.210 e. The standard InChI is InChI=1S/C17H15Cl2N3O2S2/c18-13-7-4-8-14(19)15(13)24-9-12(23)10-25-17-22-21-16(26-17)20-11-5-2-1-3-6-11/h1-8,12,23H,9-10H2,(H,20,21). The van der Waals surface area contributed by atoms with E-state index in [0.717, 1.165) is 10.0 Å². The highest BCUT2D eigenvalue weighted by Gasteiger charge is 2.13. The Morgan fingerprint density at radius 2 is 1.81 bits per heavy atom. The van der Waals surface area contributed by atoms with Crippen molar-refractivity contribution in [2.75, 3.05) is 17.7 Å². The van der Waals surface area contributed by atoms with Gasteiger partial charge in [-0.2, -0.15) is 0 Å². The Morgan fingerprint density at radius 1 is 1.08 bits per heavy atom. The Balaban J connectivity index is 1.47. The van der Waals surface area contributed by atoms with Gasteiger partial charge in [-0.3, -0.25) is 0 Å². The van der Waals surface area contributed by atoms with Crippen molar-refractivity contribution in [3.63, 3.8) is 0 Å². The highest BCUT2D eigenvalue weighted by molar-refractivity contribution is 8.01. The molecule has 0 fully saturated rings. The minimum absolute atomic E-state index is 0.0877. The molecule has 2 aromatic carbocycles. The molecule has 0 aliphatic rings. The number of hydrogen-bond donors (Lipinski definition) is 2. The first-order chi connectivity index (χ1) is 12.6. The molecule has 0 bridgehead atoms. The molecule has 3 aromatic rings. The number of nitrogens with one attached hydrogen (secondary N) is 1. The molecule has 5 nitrogen and oxygen atoms in total. The minimum Gasteiger partial charge on any atom is -0.488 e. The molecule has 136 valence electrons.